The lowest BCUT2D eigenvalue weighted by molar-refractivity contribution is -0.138. The molecule has 0 spiro atoms. The molecule has 0 radical (unpaired) electrons. The number of benzene rings is 1. The van der Waals surface area contributed by atoms with E-state index in [4.69, 9.17) is 5.14 Å². The Bertz CT molecular complexity index is 351. The monoisotopic (exact) mass is 223 g/mol. The molecule has 1 aromatic carbocycles. The minimum Gasteiger partial charge on any atom is -0.252 e. The van der Waals surface area contributed by atoms with Gasteiger partial charge in [-0.3, -0.25) is 5.14 Å². The number of nitrogens with two attached hydrogens (primary N) is 1. The van der Waals surface area contributed by atoms with Crippen LogP contribution in [-0.4, -0.2) is 4.21 Å². The molecule has 1 aromatic rings. The fourth-order valence-corrected chi connectivity index (χ4v) is 1.63. The number of halogens is 3. The highest BCUT2D eigenvalue weighted by Crippen LogP contribution is 2.32. The van der Waals surface area contributed by atoms with E-state index in [9.17, 15) is 17.4 Å². The lowest BCUT2D eigenvalue weighted by Gasteiger charge is -2.10. The van der Waals surface area contributed by atoms with Crippen LogP contribution in [0.15, 0.2) is 24.3 Å². The maximum absolute atomic E-state index is 12.4. The van der Waals surface area contributed by atoms with Crippen molar-refractivity contribution in [3.63, 3.8) is 0 Å². The van der Waals surface area contributed by atoms with Crippen LogP contribution in [0.25, 0.3) is 0 Å². The Labute approximate surface area is 81.5 Å². The molecule has 0 saturated heterocycles. The van der Waals surface area contributed by atoms with E-state index < -0.39 is 22.7 Å². The minimum absolute atomic E-state index is 0.0409. The average molecular weight is 223 g/mol. The molecule has 2 N–H and O–H groups in total. The van der Waals surface area contributed by atoms with E-state index in [1.807, 2.05) is 0 Å². The van der Waals surface area contributed by atoms with E-state index in [0.29, 0.717) is 0 Å². The van der Waals surface area contributed by atoms with Crippen molar-refractivity contribution >= 4 is 11.0 Å². The smallest absolute Gasteiger partial charge is 0.252 e. The number of alkyl halides is 3. The highest BCUT2D eigenvalue weighted by molar-refractivity contribution is 7.81. The van der Waals surface area contributed by atoms with Gasteiger partial charge in [-0.05, 0) is 11.6 Å². The van der Waals surface area contributed by atoms with E-state index in [0.717, 1.165) is 6.07 Å². The molecule has 0 saturated carbocycles. The van der Waals surface area contributed by atoms with Crippen LogP contribution in [-0.2, 0) is 22.9 Å². The van der Waals surface area contributed by atoms with Crippen molar-refractivity contribution in [2.45, 2.75) is 11.9 Å². The third-order valence-corrected chi connectivity index (χ3v) is 2.22. The van der Waals surface area contributed by atoms with Gasteiger partial charge in [-0.15, -0.1) is 0 Å². The minimum atomic E-state index is -4.42. The lowest BCUT2D eigenvalue weighted by atomic mass is 10.1. The average Bonchev–Trinajstić information content (AvgIpc) is 2.01. The molecule has 0 aromatic heterocycles. The van der Waals surface area contributed by atoms with E-state index >= 15 is 0 Å². The lowest BCUT2D eigenvalue weighted by Crippen LogP contribution is -2.13. The van der Waals surface area contributed by atoms with Gasteiger partial charge < -0.3 is 0 Å². The number of hydrogen-bond acceptors (Lipinski definition) is 1. The second-order valence-corrected chi connectivity index (χ2v) is 3.73. The maximum atomic E-state index is 12.4. The molecule has 0 aliphatic carbocycles. The SMILES string of the molecule is N[S@](=O)Cc1ccccc1C(F)(F)F. The molecule has 2 nitrogen and oxygen atoms in total. The highest BCUT2D eigenvalue weighted by Gasteiger charge is 2.32. The molecular weight excluding hydrogens is 215 g/mol. The van der Waals surface area contributed by atoms with E-state index in [-0.39, 0.29) is 11.3 Å². The van der Waals surface area contributed by atoms with Crippen LogP contribution in [0.3, 0.4) is 0 Å². The first-order chi connectivity index (χ1) is 6.41. The van der Waals surface area contributed by atoms with Crippen molar-refractivity contribution in [2.24, 2.45) is 5.14 Å². The van der Waals surface area contributed by atoms with Crippen LogP contribution in [0.5, 0.6) is 0 Å². The van der Waals surface area contributed by atoms with Crippen molar-refractivity contribution in [3.05, 3.63) is 35.4 Å². The molecule has 14 heavy (non-hydrogen) atoms. The summed E-state index contributed by atoms with van der Waals surface area (Å²) in [7, 11) is -1.76. The zero-order chi connectivity index (χ0) is 10.8. The van der Waals surface area contributed by atoms with Crippen LogP contribution in [0.1, 0.15) is 11.1 Å². The largest absolute Gasteiger partial charge is 0.416 e. The van der Waals surface area contributed by atoms with Crippen molar-refractivity contribution in [1.82, 2.24) is 0 Å². The fraction of sp³-hybridized carbons (Fsp3) is 0.250. The molecule has 6 heteroatoms. The summed E-state index contributed by atoms with van der Waals surface area (Å²) in [6.45, 7) is 0. The summed E-state index contributed by atoms with van der Waals surface area (Å²) < 4.78 is 47.7. The van der Waals surface area contributed by atoms with Crippen molar-refractivity contribution < 1.29 is 17.4 Å². The molecule has 0 heterocycles. The Kier molecular flexibility index (Phi) is 3.28. The molecule has 0 fully saturated rings. The second kappa shape index (κ2) is 4.10. The highest BCUT2D eigenvalue weighted by atomic mass is 32.2. The van der Waals surface area contributed by atoms with Gasteiger partial charge in [-0.25, -0.2) is 4.21 Å². The summed E-state index contributed by atoms with van der Waals surface area (Å²) in [6, 6.07) is 4.96. The van der Waals surface area contributed by atoms with Gasteiger partial charge in [-0.1, -0.05) is 18.2 Å². The van der Waals surface area contributed by atoms with Crippen LogP contribution < -0.4 is 5.14 Å². The first-order valence-electron chi connectivity index (χ1n) is 3.69. The van der Waals surface area contributed by atoms with Crippen LogP contribution in [0.4, 0.5) is 13.2 Å². The Morgan fingerprint density at radius 3 is 2.36 bits per heavy atom. The summed E-state index contributed by atoms with van der Waals surface area (Å²) in [6.07, 6.45) is -4.42. The zero-order valence-electron chi connectivity index (χ0n) is 7.04. The second-order valence-electron chi connectivity index (χ2n) is 2.68. The molecule has 0 aliphatic rings. The summed E-state index contributed by atoms with van der Waals surface area (Å²) in [5.74, 6) is -0.282. The summed E-state index contributed by atoms with van der Waals surface area (Å²) in [5.41, 5.74) is -0.820. The quantitative estimate of drug-likeness (QED) is 0.816. The molecule has 0 amide bonds. The van der Waals surface area contributed by atoms with Gasteiger partial charge >= 0.3 is 6.18 Å². The molecular formula is C8H8F3NOS. The molecule has 1 rings (SSSR count). The summed E-state index contributed by atoms with van der Waals surface area (Å²) in [4.78, 5) is 0. The van der Waals surface area contributed by atoms with Crippen molar-refractivity contribution in [2.75, 3.05) is 0 Å². The third-order valence-electron chi connectivity index (χ3n) is 1.62. The molecule has 1 atom stereocenters. The topological polar surface area (TPSA) is 43.1 Å². The van der Waals surface area contributed by atoms with Crippen molar-refractivity contribution in [3.8, 4) is 0 Å². The molecule has 0 unspecified atom stereocenters. The normalized spacial score (nSPS) is 14.0. The van der Waals surface area contributed by atoms with E-state index in [1.165, 1.54) is 18.2 Å². The van der Waals surface area contributed by atoms with Gasteiger partial charge in [0.15, 0.2) is 0 Å². The number of rotatable bonds is 2. The number of hydrogen-bond donors (Lipinski definition) is 1. The van der Waals surface area contributed by atoms with Gasteiger partial charge in [0.05, 0.1) is 22.3 Å². The van der Waals surface area contributed by atoms with Crippen LogP contribution in [0, 0.1) is 0 Å². The Balaban J connectivity index is 3.10. The predicted molar refractivity (Wildman–Crippen MR) is 47.5 cm³/mol. The summed E-state index contributed by atoms with van der Waals surface area (Å²) in [5, 5.41) is 4.94. The van der Waals surface area contributed by atoms with Crippen LogP contribution >= 0.6 is 0 Å². The third kappa shape index (κ3) is 2.81. The predicted octanol–water partition coefficient (Wildman–Crippen LogP) is 1.83. The van der Waals surface area contributed by atoms with Gasteiger partial charge in [0, 0.05) is 0 Å². The van der Waals surface area contributed by atoms with Crippen LogP contribution in [0.2, 0.25) is 0 Å². The Morgan fingerprint density at radius 1 is 1.29 bits per heavy atom. The molecule has 0 bridgehead atoms. The Hall–Kier alpha value is -0.880. The molecule has 78 valence electrons. The zero-order valence-corrected chi connectivity index (χ0v) is 7.86. The van der Waals surface area contributed by atoms with Gasteiger partial charge in [0.25, 0.3) is 0 Å². The first kappa shape index (κ1) is 11.2. The maximum Gasteiger partial charge on any atom is 0.416 e. The van der Waals surface area contributed by atoms with E-state index in [1.54, 1.807) is 0 Å². The van der Waals surface area contributed by atoms with Gasteiger partial charge in [0.2, 0.25) is 0 Å². The molecule has 0 aliphatic heterocycles. The van der Waals surface area contributed by atoms with Crippen molar-refractivity contribution in [1.29, 1.82) is 0 Å². The Morgan fingerprint density at radius 2 is 1.86 bits per heavy atom. The summed E-state index contributed by atoms with van der Waals surface area (Å²) >= 11 is 0. The van der Waals surface area contributed by atoms with Gasteiger partial charge in [0.1, 0.15) is 0 Å². The standard InChI is InChI=1S/C8H8F3NOS/c9-8(10,11)7-4-2-1-3-6(7)5-14(12)13/h1-4H,5,12H2/t14-/m1/s1. The van der Waals surface area contributed by atoms with E-state index in [2.05, 4.69) is 0 Å². The van der Waals surface area contributed by atoms with Gasteiger partial charge in [-0.2, -0.15) is 13.2 Å². The fourth-order valence-electron chi connectivity index (χ4n) is 1.08. The first-order valence-corrected chi connectivity index (χ1v) is 5.07.